The van der Waals surface area contributed by atoms with Crippen LogP contribution in [0.5, 0.6) is 0 Å². The second-order valence-corrected chi connectivity index (χ2v) is 5.77. The molecule has 0 saturated carbocycles. The van der Waals surface area contributed by atoms with Gasteiger partial charge in [-0.25, -0.2) is 8.42 Å². The van der Waals surface area contributed by atoms with Gasteiger partial charge < -0.3 is 0 Å². The fourth-order valence-corrected chi connectivity index (χ4v) is 2.45. The monoisotopic (exact) mass is 206 g/mol. The van der Waals surface area contributed by atoms with E-state index in [0.29, 0.717) is 6.42 Å². The molecule has 0 radical (unpaired) electrons. The summed E-state index contributed by atoms with van der Waals surface area (Å²) in [4.78, 5) is 10.8. The van der Waals surface area contributed by atoms with Gasteiger partial charge in [-0.15, -0.1) is 0 Å². The van der Waals surface area contributed by atoms with Crippen LogP contribution in [0.1, 0.15) is 40.0 Å². The molecule has 0 N–H and O–H groups in total. The van der Waals surface area contributed by atoms with E-state index in [0.717, 1.165) is 12.8 Å². The Morgan fingerprint density at radius 3 is 2.23 bits per heavy atom. The molecular formula is C9H18O3S. The topological polar surface area (TPSA) is 51.2 Å². The number of sulfone groups is 1. The van der Waals surface area contributed by atoms with E-state index in [1.807, 2.05) is 6.92 Å². The summed E-state index contributed by atoms with van der Waals surface area (Å²) in [6.45, 7) is 4.80. The summed E-state index contributed by atoms with van der Waals surface area (Å²) in [7, 11) is -3.18. The Balaban J connectivity index is 4.16. The molecule has 0 heterocycles. The summed E-state index contributed by atoms with van der Waals surface area (Å²) >= 11 is 0. The highest BCUT2D eigenvalue weighted by Gasteiger charge is 2.23. The lowest BCUT2D eigenvalue weighted by molar-refractivity contribution is -0.116. The first kappa shape index (κ1) is 12.6. The van der Waals surface area contributed by atoms with Crippen LogP contribution in [0.15, 0.2) is 0 Å². The van der Waals surface area contributed by atoms with Gasteiger partial charge in [0.2, 0.25) is 0 Å². The summed E-state index contributed by atoms with van der Waals surface area (Å²) in [6, 6.07) is 0. The Morgan fingerprint density at radius 2 is 1.85 bits per heavy atom. The number of hydrogen-bond donors (Lipinski definition) is 0. The van der Waals surface area contributed by atoms with Crippen LogP contribution in [0.25, 0.3) is 0 Å². The van der Waals surface area contributed by atoms with E-state index < -0.39 is 15.1 Å². The average molecular weight is 206 g/mol. The van der Waals surface area contributed by atoms with Crippen molar-refractivity contribution < 1.29 is 13.2 Å². The van der Waals surface area contributed by atoms with Gasteiger partial charge >= 0.3 is 0 Å². The maximum atomic E-state index is 11.4. The molecule has 1 atom stereocenters. The lowest BCUT2D eigenvalue weighted by Crippen LogP contribution is -2.27. The number of hydrogen-bond acceptors (Lipinski definition) is 3. The van der Waals surface area contributed by atoms with Crippen LogP contribution in [-0.4, -0.2) is 25.2 Å². The Labute approximate surface area is 80.4 Å². The molecule has 78 valence electrons. The molecule has 0 bridgehead atoms. The number of unbranched alkanes of at least 4 members (excludes halogenated alkanes) is 2. The predicted molar refractivity (Wildman–Crippen MR) is 53.5 cm³/mol. The van der Waals surface area contributed by atoms with E-state index in [1.165, 1.54) is 13.8 Å². The highest BCUT2D eigenvalue weighted by Crippen LogP contribution is 2.07. The second kappa shape index (κ2) is 5.37. The van der Waals surface area contributed by atoms with Crippen molar-refractivity contribution in [3.8, 4) is 0 Å². The first-order valence-electron chi connectivity index (χ1n) is 4.63. The zero-order chi connectivity index (χ0) is 10.5. The van der Waals surface area contributed by atoms with Gasteiger partial charge in [-0.05, 0) is 20.3 Å². The Morgan fingerprint density at radius 1 is 1.31 bits per heavy atom. The van der Waals surface area contributed by atoms with E-state index in [4.69, 9.17) is 0 Å². The maximum absolute atomic E-state index is 11.4. The highest BCUT2D eigenvalue weighted by molar-refractivity contribution is 7.92. The number of carbonyl (C=O) groups is 1. The van der Waals surface area contributed by atoms with Crippen molar-refractivity contribution in [1.29, 1.82) is 0 Å². The molecular weight excluding hydrogens is 188 g/mol. The molecule has 0 fully saturated rings. The minimum atomic E-state index is -3.18. The fourth-order valence-electron chi connectivity index (χ4n) is 0.983. The van der Waals surface area contributed by atoms with E-state index in [2.05, 4.69) is 0 Å². The standard InChI is InChI=1S/C9H18O3S/c1-4-5-6-7-13(11,12)9(3)8(2)10/h9H,4-7H2,1-3H3. The zero-order valence-corrected chi connectivity index (χ0v) is 9.36. The summed E-state index contributed by atoms with van der Waals surface area (Å²) in [5.74, 6) is -0.127. The molecule has 0 aromatic rings. The van der Waals surface area contributed by atoms with Gasteiger partial charge in [-0.2, -0.15) is 0 Å². The molecule has 0 rings (SSSR count). The molecule has 0 saturated heterocycles. The van der Waals surface area contributed by atoms with Gasteiger partial charge in [0.1, 0.15) is 11.0 Å². The van der Waals surface area contributed by atoms with E-state index >= 15 is 0 Å². The molecule has 0 aliphatic carbocycles. The van der Waals surface area contributed by atoms with Crippen molar-refractivity contribution in [3.63, 3.8) is 0 Å². The molecule has 13 heavy (non-hydrogen) atoms. The first-order chi connectivity index (χ1) is 5.91. The number of rotatable bonds is 6. The van der Waals surface area contributed by atoms with Crippen molar-refractivity contribution in [2.45, 2.75) is 45.3 Å². The summed E-state index contributed by atoms with van der Waals surface area (Å²) < 4.78 is 22.9. The third kappa shape index (κ3) is 4.41. The third-order valence-corrected chi connectivity index (χ3v) is 4.41. The number of Topliss-reactive ketones (excluding diaryl/α,β-unsaturated/α-hetero) is 1. The van der Waals surface area contributed by atoms with Crippen LogP contribution in [0, 0.1) is 0 Å². The molecule has 4 heteroatoms. The minimum absolute atomic E-state index is 0.140. The van der Waals surface area contributed by atoms with E-state index in [-0.39, 0.29) is 11.5 Å². The molecule has 0 spiro atoms. The Bertz CT molecular complexity index is 254. The minimum Gasteiger partial charge on any atom is -0.299 e. The number of carbonyl (C=O) groups excluding carboxylic acids is 1. The third-order valence-electron chi connectivity index (χ3n) is 2.14. The normalized spacial score (nSPS) is 14.1. The largest absolute Gasteiger partial charge is 0.299 e. The van der Waals surface area contributed by atoms with Crippen LogP contribution in [0.3, 0.4) is 0 Å². The van der Waals surface area contributed by atoms with Crippen LogP contribution in [0.2, 0.25) is 0 Å². The molecule has 0 aliphatic heterocycles. The molecule has 0 aliphatic rings. The highest BCUT2D eigenvalue weighted by atomic mass is 32.2. The summed E-state index contributed by atoms with van der Waals surface area (Å²) in [5, 5.41) is -0.829. The smallest absolute Gasteiger partial charge is 0.159 e. The Hall–Kier alpha value is -0.380. The molecule has 1 unspecified atom stereocenters. The SMILES string of the molecule is CCCCCS(=O)(=O)C(C)C(C)=O. The van der Waals surface area contributed by atoms with Gasteiger partial charge in [0, 0.05) is 0 Å². The van der Waals surface area contributed by atoms with E-state index in [1.54, 1.807) is 0 Å². The van der Waals surface area contributed by atoms with Gasteiger partial charge in [-0.3, -0.25) is 4.79 Å². The van der Waals surface area contributed by atoms with Crippen LogP contribution < -0.4 is 0 Å². The summed E-state index contributed by atoms with van der Waals surface area (Å²) in [6.07, 6.45) is 2.56. The molecule has 0 amide bonds. The van der Waals surface area contributed by atoms with Gasteiger partial charge in [0.15, 0.2) is 9.84 Å². The molecule has 0 aromatic carbocycles. The predicted octanol–water partition coefficient (Wildman–Crippen LogP) is 1.57. The van der Waals surface area contributed by atoms with Crippen LogP contribution in [-0.2, 0) is 14.6 Å². The van der Waals surface area contributed by atoms with Crippen molar-refractivity contribution >= 4 is 15.6 Å². The lowest BCUT2D eigenvalue weighted by Gasteiger charge is -2.08. The van der Waals surface area contributed by atoms with Crippen LogP contribution >= 0.6 is 0 Å². The second-order valence-electron chi connectivity index (χ2n) is 3.33. The van der Waals surface area contributed by atoms with Crippen molar-refractivity contribution in [2.24, 2.45) is 0 Å². The molecule has 0 aromatic heterocycles. The van der Waals surface area contributed by atoms with Crippen molar-refractivity contribution in [3.05, 3.63) is 0 Å². The van der Waals surface area contributed by atoms with Crippen molar-refractivity contribution in [1.82, 2.24) is 0 Å². The first-order valence-corrected chi connectivity index (χ1v) is 6.35. The quantitative estimate of drug-likeness (QED) is 0.620. The number of ketones is 1. The Kier molecular flexibility index (Phi) is 5.21. The maximum Gasteiger partial charge on any atom is 0.159 e. The van der Waals surface area contributed by atoms with Crippen molar-refractivity contribution in [2.75, 3.05) is 5.75 Å². The van der Waals surface area contributed by atoms with Crippen LogP contribution in [0.4, 0.5) is 0 Å². The van der Waals surface area contributed by atoms with Gasteiger partial charge in [0.25, 0.3) is 0 Å². The van der Waals surface area contributed by atoms with E-state index in [9.17, 15) is 13.2 Å². The van der Waals surface area contributed by atoms with Gasteiger partial charge in [-0.1, -0.05) is 19.8 Å². The molecule has 3 nitrogen and oxygen atoms in total. The van der Waals surface area contributed by atoms with Gasteiger partial charge in [0.05, 0.1) is 5.75 Å². The lowest BCUT2D eigenvalue weighted by atomic mass is 10.3. The summed E-state index contributed by atoms with van der Waals surface area (Å²) in [5.41, 5.74) is 0. The zero-order valence-electron chi connectivity index (χ0n) is 8.54. The fraction of sp³-hybridized carbons (Fsp3) is 0.889. The average Bonchev–Trinajstić information content (AvgIpc) is 2.03.